The van der Waals surface area contributed by atoms with E-state index >= 15 is 0 Å². The Balaban J connectivity index is 1.28. The first-order valence-electron chi connectivity index (χ1n) is 12.2. The fourth-order valence-electron chi connectivity index (χ4n) is 4.55. The molecular formula is C31H27N3O3. The summed E-state index contributed by atoms with van der Waals surface area (Å²) >= 11 is 0. The Labute approximate surface area is 215 Å². The Kier molecular flexibility index (Phi) is 6.56. The molecule has 1 aromatic heterocycles. The van der Waals surface area contributed by atoms with Crippen LogP contribution in [-0.4, -0.2) is 15.4 Å². The SMILES string of the molecule is Cc1cccc(-c2ccc(Cn3ccc4cc(C(=O)NC(C)c5ccc([N+](=O)[O-])cc5)ccc43)cc2)c1. The fraction of sp³-hybridized carbons (Fsp3) is 0.129. The smallest absolute Gasteiger partial charge is 0.269 e. The monoisotopic (exact) mass is 489 g/mol. The van der Waals surface area contributed by atoms with Gasteiger partial charge in [0, 0.05) is 41.3 Å². The molecule has 0 bridgehead atoms. The topological polar surface area (TPSA) is 77.2 Å². The Morgan fingerprint density at radius 3 is 2.38 bits per heavy atom. The van der Waals surface area contributed by atoms with Crippen LogP contribution in [0.25, 0.3) is 22.0 Å². The summed E-state index contributed by atoms with van der Waals surface area (Å²) in [6, 6.07) is 30.8. The lowest BCUT2D eigenvalue weighted by Gasteiger charge is -2.14. The number of hydrogen-bond donors (Lipinski definition) is 1. The van der Waals surface area contributed by atoms with Gasteiger partial charge in [0.05, 0.1) is 11.0 Å². The third kappa shape index (κ3) is 5.28. The molecule has 1 N–H and O–H groups in total. The number of aromatic nitrogens is 1. The highest BCUT2D eigenvalue weighted by atomic mass is 16.6. The van der Waals surface area contributed by atoms with E-state index in [1.54, 1.807) is 12.1 Å². The third-order valence-corrected chi connectivity index (χ3v) is 6.64. The van der Waals surface area contributed by atoms with Crippen molar-refractivity contribution in [3.8, 4) is 11.1 Å². The van der Waals surface area contributed by atoms with Gasteiger partial charge in [0.1, 0.15) is 0 Å². The second kappa shape index (κ2) is 10.1. The van der Waals surface area contributed by atoms with Crippen LogP contribution in [0.4, 0.5) is 5.69 Å². The van der Waals surface area contributed by atoms with E-state index in [2.05, 4.69) is 65.3 Å². The lowest BCUT2D eigenvalue weighted by atomic mass is 10.0. The predicted molar refractivity (Wildman–Crippen MR) is 147 cm³/mol. The molecule has 0 saturated carbocycles. The van der Waals surface area contributed by atoms with E-state index < -0.39 is 4.92 Å². The van der Waals surface area contributed by atoms with Crippen LogP contribution in [0.15, 0.2) is 103 Å². The van der Waals surface area contributed by atoms with Crippen LogP contribution in [0.2, 0.25) is 0 Å². The van der Waals surface area contributed by atoms with Crippen LogP contribution in [-0.2, 0) is 6.54 Å². The van der Waals surface area contributed by atoms with Gasteiger partial charge in [0.15, 0.2) is 0 Å². The molecule has 6 nitrogen and oxygen atoms in total. The van der Waals surface area contributed by atoms with E-state index in [9.17, 15) is 14.9 Å². The van der Waals surface area contributed by atoms with Gasteiger partial charge in [0.2, 0.25) is 0 Å². The molecule has 1 atom stereocenters. The summed E-state index contributed by atoms with van der Waals surface area (Å²) in [5.74, 6) is -0.188. The molecule has 0 aliphatic carbocycles. The van der Waals surface area contributed by atoms with Crippen molar-refractivity contribution in [1.29, 1.82) is 0 Å². The Bertz CT molecular complexity index is 1580. The molecule has 37 heavy (non-hydrogen) atoms. The van der Waals surface area contributed by atoms with E-state index in [1.807, 2.05) is 37.4 Å². The minimum atomic E-state index is -0.436. The Hall–Kier alpha value is -4.71. The molecule has 0 aliphatic heterocycles. The Morgan fingerprint density at radius 2 is 1.68 bits per heavy atom. The molecule has 1 unspecified atom stereocenters. The number of fused-ring (bicyclic) bond motifs is 1. The zero-order valence-corrected chi connectivity index (χ0v) is 20.7. The zero-order valence-electron chi connectivity index (χ0n) is 20.7. The highest BCUT2D eigenvalue weighted by Crippen LogP contribution is 2.24. The second-order valence-corrected chi connectivity index (χ2v) is 9.33. The van der Waals surface area contributed by atoms with Gasteiger partial charge < -0.3 is 9.88 Å². The number of nitrogens with zero attached hydrogens (tertiary/aromatic N) is 2. The van der Waals surface area contributed by atoms with Crippen LogP contribution >= 0.6 is 0 Å². The normalized spacial score (nSPS) is 11.8. The van der Waals surface area contributed by atoms with Crippen LogP contribution in [0, 0.1) is 17.0 Å². The van der Waals surface area contributed by atoms with Crippen molar-refractivity contribution < 1.29 is 9.72 Å². The largest absolute Gasteiger partial charge is 0.346 e. The number of nitrogens with one attached hydrogen (secondary N) is 1. The number of benzene rings is 4. The van der Waals surface area contributed by atoms with E-state index in [0.717, 1.165) is 23.0 Å². The summed E-state index contributed by atoms with van der Waals surface area (Å²) < 4.78 is 2.18. The van der Waals surface area contributed by atoms with Gasteiger partial charge in [-0.2, -0.15) is 0 Å². The first-order chi connectivity index (χ1) is 17.9. The molecule has 1 heterocycles. The average Bonchev–Trinajstić information content (AvgIpc) is 3.31. The number of carbonyl (C=O) groups excluding carboxylic acids is 1. The summed E-state index contributed by atoms with van der Waals surface area (Å²) in [5, 5.41) is 14.8. The lowest BCUT2D eigenvalue weighted by molar-refractivity contribution is -0.384. The first-order valence-corrected chi connectivity index (χ1v) is 12.2. The molecule has 0 radical (unpaired) electrons. The van der Waals surface area contributed by atoms with Crippen molar-refractivity contribution in [1.82, 2.24) is 9.88 Å². The van der Waals surface area contributed by atoms with Gasteiger partial charge in [-0.05, 0) is 60.4 Å². The van der Waals surface area contributed by atoms with E-state index in [0.29, 0.717) is 5.56 Å². The van der Waals surface area contributed by atoms with Gasteiger partial charge >= 0.3 is 0 Å². The second-order valence-electron chi connectivity index (χ2n) is 9.33. The van der Waals surface area contributed by atoms with Gasteiger partial charge in [-0.25, -0.2) is 0 Å². The number of non-ortho nitro benzene ring substituents is 1. The van der Waals surface area contributed by atoms with Crippen LogP contribution < -0.4 is 5.32 Å². The highest BCUT2D eigenvalue weighted by Gasteiger charge is 2.14. The van der Waals surface area contributed by atoms with E-state index in [4.69, 9.17) is 0 Å². The predicted octanol–water partition coefficient (Wildman–Crippen LogP) is 7.06. The number of nitro groups is 1. The minimum absolute atomic E-state index is 0.0273. The van der Waals surface area contributed by atoms with Crippen molar-refractivity contribution >= 4 is 22.5 Å². The summed E-state index contributed by atoms with van der Waals surface area (Å²) in [5.41, 5.74) is 7.32. The molecule has 4 aromatic carbocycles. The maximum Gasteiger partial charge on any atom is 0.269 e. The van der Waals surface area contributed by atoms with Crippen molar-refractivity contribution in [3.63, 3.8) is 0 Å². The summed E-state index contributed by atoms with van der Waals surface area (Å²) in [7, 11) is 0. The summed E-state index contributed by atoms with van der Waals surface area (Å²) in [6.07, 6.45) is 2.04. The highest BCUT2D eigenvalue weighted by molar-refractivity contribution is 5.98. The summed E-state index contributed by atoms with van der Waals surface area (Å²) in [4.78, 5) is 23.3. The number of rotatable bonds is 7. The van der Waals surface area contributed by atoms with Gasteiger partial charge in [0.25, 0.3) is 11.6 Å². The molecule has 184 valence electrons. The van der Waals surface area contributed by atoms with Crippen LogP contribution in [0.3, 0.4) is 0 Å². The fourth-order valence-corrected chi connectivity index (χ4v) is 4.55. The molecule has 0 spiro atoms. The zero-order chi connectivity index (χ0) is 25.9. The first kappa shape index (κ1) is 24.0. The minimum Gasteiger partial charge on any atom is -0.346 e. The van der Waals surface area contributed by atoms with Crippen LogP contribution in [0.1, 0.15) is 40.0 Å². The average molecular weight is 490 g/mol. The number of nitro benzene ring substituents is 1. The van der Waals surface area contributed by atoms with Gasteiger partial charge in [-0.15, -0.1) is 0 Å². The lowest BCUT2D eigenvalue weighted by Crippen LogP contribution is -2.26. The molecule has 1 amide bonds. The Morgan fingerprint density at radius 1 is 0.919 bits per heavy atom. The van der Waals surface area contributed by atoms with E-state index in [-0.39, 0.29) is 17.6 Å². The number of aryl methyl sites for hydroxylation is 1. The summed E-state index contributed by atoms with van der Waals surface area (Å²) in [6.45, 7) is 4.70. The molecule has 0 fully saturated rings. The van der Waals surface area contributed by atoms with Crippen molar-refractivity contribution in [3.05, 3.63) is 136 Å². The van der Waals surface area contributed by atoms with Crippen molar-refractivity contribution in [2.75, 3.05) is 0 Å². The quantitative estimate of drug-likeness (QED) is 0.196. The van der Waals surface area contributed by atoms with Gasteiger partial charge in [-0.3, -0.25) is 14.9 Å². The third-order valence-electron chi connectivity index (χ3n) is 6.64. The molecule has 5 aromatic rings. The van der Waals surface area contributed by atoms with E-state index in [1.165, 1.54) is 34.4 Å². The van der Waals surface area contributed by atoms with Crippen LogP contribution in [0.5, 0.6) is 0 Å². The number of hydrogen-bond acceptors (Lipinski definition) is 3. The van der Waals surface area contributed by atoms with Crippen molar-refractivity contribution in [2.24, 2.45) is 0 Å². The van der Waals surface area contributed by atoms with Crippen molar-refractivity contribution in [2.45, 2.75) is 26.4 Å². The number of carbonyl (C=O) groups is 1. The number of amides is 1. The molecule has 6 heteroatoms. The molecule has 5 rings (SSSR count). The maximum atomic E-state index is 12.9. The molecule has 0 aliphatic rings. The standard InChI is InChI=1S/C31H27N3O3/c1-21-4-3-5-26(18-21)25-8-6-23(7-9-25)20-33-17-16-27-19-28(12-15-30(27)33)31(35)32-22(2)24-10-13-29(14-11-24)34(36)37/h3-19,22H,20H2,1-2H3,(H,32,35). The maximum absolute atomic E-state index is 12.9. The molecular weight excluding hydrogens is 462 g/mol. The van der Waals surface area contributed by atoms with Gasteiger partial charge in [-0.1, -0.05) is 66.2 Å². The molecule has 0 saturated heterocycles.